The third kappa shape index (κ3) is 4.73. The highest BCUT2D eigenvalue weighted by Crippen LogP contribution is 2.15. The summed E-state index contributed by atoms with van der Waals surface area (Å²) in [7, 11) is 0. The fourth-order valence-corrected chi connectivity index (χ4v) is 1.45. The number of carbonyl (C=O) groups excluding carboxylic acids is 1. The van der Waals surface area contributed by atoms with Crippen LogP contribution >= 0.6 is 11.6 Å². The Morgan fingerprint density at radius 3 is 2.88 bits per heavy atom. The molecule has 0 aliphatic rings. The molecule has 0 amide bonds. The zero-order chi connectivity index (χ0) is 12.7. The topological polar surface area (TPSA) is 49.8 Å². The first kappa shape index (κ1) is 14.0. The molecule has 0 aliphatic carbocycles. The predicted octanol–water partition coefficient (Wildman–Crippen LogP) is 1.72. The van der Waals surface area contributed by atoms with Gasteiger partial charge in [-0.1, -0.05) is 13.0 Å². The summed E-state index contributed by atoms with van der Waals surface area (Å²) in [4.78, 5) is 12.9. The van der Waals surface area contributed by atoms with Crippen molar-refractivity contribution in [1.29, 1.82) is 0 Å². The molecular weight excluding hydrogens is 242 g/mol. The molecule has 0 atom stereocenters. The lowest BCUT2D eigenvalue weighted by atomic mass is 10.2. The van der Waals surface area contributed by atoms with E-state index in [-0.39, 0.29) is 6.61 Å². The van der Waals surface area contributed by atoms with Gasteiger partial charge in [-0.3, -0.25) is 9.69 Å². The lowest BCUT2D eigenvalue weighted by Crippen LogP contribution is -2.30. The Hall–Kier alpha value is -1.10. The van der Waals surface area contributed by atoms with Crippen molar-refractivity contribution >= 4 is 16.8 Å². The summed E-state index contributed by atoms with van der Waals surface area (Å²) < 4.78 is 5.51. The van der Waals surface area contributed by atoms with Crippen molar-refractivity contribution in [1.82, 2.24) is 4.90 Å². The third-order valence-electron chi connectivity index (χ3n) is 2.34. The van der Waals surface area contributed by atoms with E-state index in [1.165, 1.54) is 0 Å². The molecule has 1 N–H and O–H groups in total. The Bertz CT molecular complexity index is 371. The van der Waals surface area contributed by atoms with Crippen LogP contribution in [0.2, 0.25) is 0 Å². The molecule has 1 rings (SSSR count). The Kier molecular flexibility index (Phi) is 5.97. The Morgan fingerprint density at radius 1 is 1.53 bits per heavy atom. The summed E-state index contributed by atoms with van der Waals surface area (Å²) in [6.45, 7) is 3.80. The van der Waals surface area contributed by atoms with Crippen LogP contribution in [-0.4, -0.2) is 41.7 Å². The SMILES string of the molecule is CCN(CCO)COc1cccc(C(=O)Cl)c1. The molecule has 0 aromatic heterocycles. The molecular formula is C12H16ClNO3. The summed E-state index contributed by atoms with van der Waals surface area (Å²) in [6, 6.07) is 6.71. The molecule has 1 aromatic carbocycles. The lowest BCUT2D eigenvalue weighted by molar-refractivity contribution is 0.106. The van der Waals surface area contributed by atoms with Gasteiger partial charge in [-0.2, -0.15) is 0 Å². The van der Waals surface area contributed by atoms with Crippen LogP contribution in [0.3, 0.4) is 0 Å². The molecule has 0 saturated heterocycles. The molecule has 17 heavy (non-hydrogen) atoms. The van der Waals surface area contributed by atoms with E-state index in [1.54, 1.807) is 24.3 Å². The Morgan fingerprint density at radius 2 is 2.29 bits per heavy atom. The van der Waals surface area contributed by atoms with Crippen LogP contribution in [-0.2, 0) is 0 Å². The maximum Gasteiger partial charge on any atom is 0.252 e. The second-order valence-electron chi connectivity index (χ2n) is 3.51. The number of aliphatic hydroxyl groups excluding tert-OH is 1. The number of hydrogen-bond donors (Lipinski definition) is 1. The summed E-state index contributed by atoms with van der Waals surface area (Å²) in [6.07, 6.45) is 0. The van der Waals surface area contributed by atoms with E-state index in [1.807, 2.05) is 11.8 Å². The van der Waals surface area contributed by atoms with Gasteiger partial charge in [-0.05, 0) is 36.3 Å². The number of hydrogen-bond acceptors (Lipinski definition) is 4. The van der Waals surface area contributed by atoms with Gasteiger partial charge >= 0.3 is 0 Å². The van der Waals surface area contributed by atoms with Gasteiger partial charge in [-0.25, -0.2) is 0 Å². The molecule has 0 bridgehead atoms. The zero-order valence-electron chi connectivity index (χ0n) is 9.73. The average Bonchev–Trinajstić information content (AvgIpc) is 2.34. The minimum atomic E-state index is -0.502. The first-order valence-corrected chi connectivity index (χ1v) is 5.81. The molecule has 5 heteroatoms. The van der Waals surface area contributed by atoms with Crippen LogP contribution in [0, 0.1) is 0 Å². The number of rotatable bonds is 7. The second kappa shape index (κ2) is 7.27. The van der Waals surface area contributed by atoms with Crippen LogP contribution in [0.1, 0.15) is 17.3 Å². The lowest BCUT2D eigenvalue weighted by Gasteiger charge is -2.19. The Labute approximate surface area is 106 Å². The number of benzene rings is 1. The van der Waals surface area contributed by atoms with Crippen LogP contribution in [0.15, 0.2) is 24.3 Å². The van der Waals surface area contributed by atoms with E-state index in [4.69, 9.17) is 21.4 Å². The quantitative estimate of drug-likeness (QED) is 0.597. The molecule has 1 aromatic rings. The van der Waals surface area contributed by atoms with Gasteiger partial charge in [-0.15, -0.1) is 0 Å². The molecule has 4 nitrogen and oxygen atoms in total. The molecule has 0 saturated carbocycles. The maximum absolute atomic E-state index is 11.0. The largest absolute Gasteiger partial charge is 0.478 e. The number of aliphatic hydroxyl groups is 1. The van der Waals surface area contributed by atoms with Gasteiger partial charge in [0.25, 0.3) is 5.24 Å². The highest BCUT2D eigenvalue weighted by atomic mass is 35.5. The van der Waals surface area contributed by atoms with Crippen LogP contribution in [0.5, 0.6) is 5.75 Å². The first-order valence-electron chi connectivity index (χ1n) is 5.43. The van der Waals surface area contributed by atoms with Crippen molar-refractivity contribution in [3.63, 3.8) is 0 Å². The molecule has 0 radical (unpaired) electrons. The highest BCUT2D eigenvalue weighted by molar-refractivity contribution is 6.67. The highest BCUT2D eigenvalue weighted by Gasteiger charge is 2.05. The minimum Gasteiger partial charge on any atom is -0.478 e. The normalized spacial score (nSPS) is 10.6. The fraction of sp³-hybridized carbons (Fsp3) is 0.417. The maximum atomic E-state index is 11.0. The van der Waals surface area contributed by atoms with Crippen LogP contribution in [0.4, 0.5) is 0 Å². The second-order valence-corrected chi connectivity index (χ2v) is 3.85. The van der Waals surface area contributed by atoms with Crippen molar-refractivity contribution in [2.24, 2.45) is 0 Å². The van der Waals surface area contributed by atoms with Crippen molar-refractivity contribution in [2.45, 2.75) is 6.92 Å². The van der Waals surface area contributed by atoms with Crippen LogP contribution in [0.25, 0.3) is 0 Å². The summed E-state index contributed by atoms with van der Waals surface area (Å²) in [5.74, 6) is 0.591. The van der Waals surface area contributed by atoms with E-state index in [0.29, 0.717) is 24.6 Å². The van der Waals surface area contributed by atoms with E-state index < -0.39 is 5.24 Å². The van der Waals surface area contributed by atoms with E-state index in [0.717, 1.165) is 6.54 Å². The summed E-state index contributed by atoms with van der Waals surface area (Å²) in [5, 5.41) is 8.32. The van der Waals surface area contributed by atoms with Gasteiger partial charge in [0.15, 0.2) is 0 Å². The Balaban J connectivity index is 2.56. The number of ether oxygens (including phenoxy) is 1. The molecule has 0 unspecified atom stereocenters. The molecule has 0 fully saturated rings. The third-order valence-corrected chi connectivity index (χ3v) is 2.56. The molecule has 0 heterocycles. The molecule has 0 aliphatic heterocycles. The van der Waals surface area contributed by atoms with Gasteiger partial charge in [0, 0.05) is 12.1 Å². The molecule has 94 valence electrons. The minimum absolute atomic E-state index is 0.0946. The van der Waals surface area contributed by atoms with E-state index in [9.17, 15) is 4.79 Å². The van der Waals surface area contributed by atoms with Gasteiger partial charge in [0.2, 0.25) is 0 Å². The average molecular weight is 258 g/mol. The van der Waals surface area contributed by atoms with Gasteiger partial charge in [0.1, 0.15) is 12.5 Å². The van der Waals surface area contributed by atoms with Crippen molar-refractivity contribution in [2.75, 3.05) is 26.4 Å². The van der Waals surface area contributed by atoms with E-state index >= 15 is 0 Å². The summed E-state index contributed by atoms with van der Waals surface area (Å²) >= 11 is 5.38. The summed E-state index contributed by atoms with van der Waals surface area (Å²) in [5.41, 5.74) is 0.411. The van der Waals surface area contributed by atoms with E-state index in [2.05, 4.69) is 0 Å². The monoisotopic (exact) mass is 257 g/mol. The van der Waals surface area contributed by atoms with Crippen molar-refractivity contribution in [3.05, 3.63) is 29.8 Å². The van der Waals surface area contributed by atoms with Crippen molar-refractivity contribution in [3.8, 4) is 5.75 Å². The number of nitrogens with zero attached hydrogens (tertiary/aromatic N) is 1. The standard InChI is InChI=1S/C12H16ClNO3/c1-2-14(6-7-15)9-17-11-5-3-4-10(8-11)12(13)16/h3-5,8,15H,2,6-7,9H2,1H3. The van der Waals surface area contributed by atoms with Crippen molar-refractivity contribution < 1.29 is 14.6 Å². The number of likely N-dealkylation sites (N-methyl/N-ethyl adjacent to an activating group) is 1. The number of halogens is 1. The predicted molar refractivity (Wildman–Crippen MR) is 66.5 cm³/mol. The van der Waals surface area contributed by atoms with Crippen LogP contribution < -0.4 is 4.74 Å². The molecule has 0 spiro atoms. The smallest absolute Gasteiger partial charge is 0.252 e. The first-order chi connectivity index (χ1) is 8.17. The van der Waals surface area contributed by atoms with Gasteiger partial charge in [0.05, 0.1) is 6.61 Å². The number of carbonyl (C=O) groups is 1. The fourth-order valence-electron chi connectivity index (χ4n) is 1.33. The van der Waals surface area contributed by atoms with Gasteiger partial charge < -0.3 is 9.84 Å². The zero-order valence-corrected chi connectivity index (χ0v) is 10.5.